The Balaban J connectivity index is 1.68. The lowest BCUT2D eigenvalue weighted by atomic mass is 9.79. The molecule has 3 saturated heterocycles. The van der Waals surface area contributed by atoms with Crippen LogP contribution in [0.25, 0.3) is 0 Å². The predicted octanol–water partition coefficient (Wildman–Crippen LogP) is -1.72. The SMILES string of the molecule is COC1(Br)C(=O)C2=C(C(=O)C13OCCO3)[C@H](COC(N)=O)[C@@]1(O)[C@@H]3[C@H](CN21)N3C. The molecule has 12 heteroatoms. The first kappa shape index (κ1) is 19.4. The Bertz CT molecular complexity index is 873. The van der Waals surface area contributed by atoms with Crippen LogP contribution in [-0.2, 0) is 28.5 Å². The molecule has 158 valence electrons. The number of piperazine rings is 1. The molecular formula is C17H20BrN3O8. The lowest BCUT2D eigenvalue weighted by Crippen LogP contribution is -2.66. The number of methoxy groups -OCH3 is 1. The van der Waals surface area contributed by atoms with E-state index in [1.54, 1.807) is 0 Å². The van der Waals surface area contributed by atoms with E-state index in [1.165, 1.54) is 12.0 Å². The molecule has 5 rings (SSSR count). The number of nitrogens with zero attached hydrogens (tertiary/aromatic N) is 2. The van der Waals surface area contributed by atoms with Gasteiger partial charge in [0.2, 0.25) is 16.1 Å². The number of alkyl halides is 1. The molecule has 3 N–H and O–H groups in total. The Hall–Kier alpha value is -1.57. The molecule has 0 aromatic rings. The van der Waals surface area contributed by atoms with Crippen molar-refractivity contribution in [1.29, 1.82) is 0 Å². The summed E-state index contributed by atoms with van der Waals surface area (Å²) in [5.41, 5.74) is 3.54. The van der Waals surface area contributed by atoms with E-state index in [-0.39, 0.29) is 43.2 Å². The molecule has 5 aliphatic rings. The second-order valence-electron chi connectivity index (χ2n) is 7.79. The number of ketones is 2. The summed E-state index contributed by atoms with van der Waals surface area (Å²) in [6.45, 7) is 0.143. The standard InChI is InChI=1S/C17H20BrN3O8/c1-20-8-5-21-10-9(7(6-27-14(19)24)15(21,25)11(8)20)12(22)17(28-3-4-29-17)16(18,26-2)13(10)23/h7-8,11,25H,3-6H2,1-2H3,(H2,19,24)/t7-,8-,11-,15+,16?,20?/m0/s1. The van der Waals surface area contributed by atoms with Gasteiger partial charge in [-0.1, -0.05) is 0 Å². The molecule has 4 aliphatic heterocycles. The molecule has 2 unspecified atom stereocenters. The van der Waals surface area contributed by atoms with E-state index in [0.29, 0.717) is 6.54 Å². The predicted molar refractivity (Wildman–Crippen MR) is 96.4 cm³/mol. The number of Topliss-reactive ketones (excluding diaryl/α,β-unsaturated/α-hetero) is 2. The molecule has 1 spiro atoms. The Morgan fingerprint density at radius 2 is 2.00 bits per heavy atom. The molecular weight excluding hydrogens is 454 g/mol. The van der Waals surface area contributed by atoms with Crippen molar-refractivity contribution in [3.05, 3.63) is 11.3 Å². The summed E-state index contributed by atoms with van der Waals surface area (Å²) < 4.78 is 19.7. The summed E-state index contributed by atoms with van der Waals surface area (Å²) in [7, 11) is 3.11. The number of halogens is 1. The number of carbonyl (C=O) groups is 3. The summed E-state index contributed by atoms with van der Waals surface area (Å²) in [6.07, 6.45) is -1.04. The van der Waals surface area contributed by atoms with Crippen LogP contribution in [0.5, 0.6) is 0 Å². The summed E-state index contributed by atoms with van der Waals surface area (Å²) in [6, 6.07) is -0.320. The molecule has 6 atom stereocenters. The fourth-order valence-corrected chi connectivity index (χ4v) is 5.96. The number of carbonyl (C=O) groups excluding carboxylic acids is 3. The van der Waals surface area contributed by atoms with Crippen molar-refractivity contribution in [3.8, 4) is 0 Å². The van der Waals surface area contributed by atoms with Crippen LogP contribution in [0, 0.1) is 5.92 Å². The van der Waals surface area contributed by atoms with Crippen LogP contribution in [0.4, 0.5) is 4.79 Å². The van der Waals surface area contributed by atoms with Crippen LogP contribution in [0.15, 0.2) is 11.3 Å². The van der Waals surface area contributed by atoms with E-state index in [1.807, 2.05) is 11.9 Å². The highest BCUT2D eigenvalue weighted by Gasteiger charge is 2.79. The topological polar surface area (TPSA) is 141 Å². The van der Waals surface area contributed by atoms with E-state index in [9.17, 15) is 19.5 Å². The van der Waals surface area contributed by atoms with Gasteiger partial charge in [-0.25, -0.2) is 4.79 Å². The molecule has 0 saturated carbocycles. The molecule has 11 nitrogen and oxygen atoms in total. The lowest BCUT2D eigenvalue weighted by molar-refractivity contribution is -0.226. The average molecular weight is 474 g/mol. The quantitative estimate of drug-likeness (QED) is 0.359. The van der Waals surface area contributed by atoms with Gasteiger partial charge >= 0.3 is 6.09 Å². The van der Waals surface area contributed by atoms with Gasteiger partial charge in [-0.05, 0) is 23.0 Å². The molecule has 29 heavy (non-hydrogen) atoms. The van der Waals surface area contributed by atoms with E-state index >= 15 is 0 Å². The Labute approximate surface area is 173 Å². The molecule has 4 heterocycles. The second-order valence-corrected chi connectivity index (χ2v) is 8.90. The third-order valence-electron chi connectivity index (χ3n) is 6.70. The van der Waals surface area contributed by atoms with Gasteiger partial charge in [0.1, 0.15) is 6.61 Å². The van der Waals surface area contributed by atoms with Gasteiger partial charge in [0, 0.05) is 25.3 Å². The van der Waals surface area contributed by atoms with Gasteiger partial charge in [0.15, 0.2) is 5.72 Å². The van der Waals surface area contributed by atoms with Crippen LogP contribution in [0.3, 0.4) is 0 Å². The van der Waals surface area contributed by atoms with Crippen LogP contribution in [0.1, 0.15) is 0 Å². The van der Waals surface area contributed by atoms with Crippen molar-refractivity contribution in [3.63, 3.8) is 0 Å². The van der Waals surface area contributed by atoms with Crippen molar-refractivity contribution >= 4 is 33.6 Å². The minimum Gasteiger partial charge on any atom is -0.449 e. The number of hydrogen-bond donors (Lipinski definition) is 2. The van der Waals surface area contributed by atoms with Crippen molar-refractivity contribution in [2.24, 2.45) is 11.7 Å². The van der Waals surface area contributed by atoms with E-state index in [4.69, 9.17) is 24.7 Å². The van der Waals surface area contributed by atoms with Crippen LogP contribution in [0.2, 0.25) is 0 Å². The van der Waals surface area contributed by atoms with Crippen molar-refractivity contribution in [1.82, 2.24) is 9.80 Å². The minimum absolute atomic E-state index is 0.00604. The van der Waals surface area contributed by atoms with E-state index in [0.717, 1.165) is 0 Å². The fraction of sp³-hybridized carbons (Fsp3) is 0.706. The Kier molecular flexibility index (Phi) is 3.86. The number of primary amides is 1. The lowest BCUT2D eigenvalue weighted by Gasteiger charge is -2.43. The highest BCUT2D eigenvalue weighted by molar-refractivity contribution is 9.10. The zero-order valence-electron chi connectivity index (χ0n) is 15.7. The number of rotatable bonds is 3. The molecule has 0 bridgehead atoms. The molecule has 3 fully saturated rings. The summed E-state index contributed by atoms with van der Waals surface area (Å²) in [5.74, 6) is -4.28. The fourth-order valence-electron chi connectivity index (χ4n) is 5.36. The van der Waals surface area contributed by atoms with Gasteiger partial charge in [-0.2, -0.15) is 0 Å². The summed E-state index contributed by atoms with van der Waals surface area (Å²) in [5, 5.41) is 11.7. The van der Waals surface area contributed by atoms with Crippen LogP contribution in [-0.4, -0.2) is 101 Å². The first-order valence-corrected chi connectivity index (χ1v) is 9.94. The van der Waals surface area contributed by atoms with Crippen LogP contribution >= 0.6 is 15.9 Å². The zero-order chi connectivity index (χ0) is 20.9. The Morgan fingerprint density at radius 3 is 2.59 bits per heavy atom. The summed E-state index contributed by atoms with van der Waals surface area (Å²) >= 11 is 3.26. The van der Waals surface area contributed by atoms with Crippen molar-refractivity contribution in [2.75, 3.05) is 40.5 Å². The smallest absolute Gasteiger partial charge is 0.404 e. The summed E-state index contributed by atoms with van der Waals surface area (Å²) in [4.78, 5) is 42.0. The molecule has 1 aliphatic carbocycles. The number of hydrogen-bond acceptors (Lipinski definition) is 10. The molecule has 0 radical (unpaired) electrons. The first-order chi connectivity index (χ1) is 13.6. The van der Waals surface area contributed by atoms with Gasteiger partial charge in [0.25, 0.3) is 5.79 Å². The number of fused-ring (bicyclic) bond motifs is 4. The van der Waals surface area contributed by atoms with Crippen molar-refractivity contribution in [2.45, 2.75) is 28.1 Å². The number of likely N-dealkylation sites (N-methyl/N-ethyl adjacent to an activating group) is 1. The zero-order valence-corrected chi connectivity index (χ0v) is 17.3. The second kappa shape index (κ2) is 5.77. The van der Waals surface area contributed by atoms with E-state index in [2.05, 4.69) is 15.9 Å². The first-order valence-electron chi connectivity index (χ1n) is 9.15. The maximum Gasteiger partial charge on any atom is 0.404 e. The maximum atomic E-state index is 13.7. The molecule has 0 aromatic carbocycles. The number of aliphatic hydroxyl groups is 1. The largest absolute Gasteiger partial charge is 0.449 e. The van der Waals surface area contributed by atoms with Gasteiger partial charge in [-0.3, -0.25) is 14.5 Å². The highest BCUT2D eigenvalue weighted by atomic mass is 79.9. The number of nitrogens with two attached hydrogens (primary N) is 1. The highest BCUT2D eigenvalue weighted by Crippen LogP contribution is 2.60. The maximum absolute atomic E-state index is 13.7. The third-order valence-corrected chi connectivity index (χ3v) is 7.91. The van der Waals surface area contributed by atoms with Crippen molar-refractivity contribution < 1.29 is 38.4 Å². The van der Waals surface area contributed by atoms with Crippen LogP contribution < -0.4 is 5.73 Å². The molecule has 0 aromatic heterocycles. The van der Waals surface area contributed by atoms with Gasteiger partial charge in [0.05, 0.1) is 30.9 Å². The monoisotopic (exact) mass is 473 g/mol. The molecule has 1 amide bonds. The van der Waals surface area contributed by atoms with Gasteiger partial charge < -0.3 is 34.7 Å². The van der Waals surface area contributed by atoms with Gasteiger partial charge in [-0.15, -0.1) is 0 Å². The number of amides is 1. The Morgan fingerprint density at radius 1 is 1.34 bits per heavy atom. The normalized spacial score (nSPS) is 44.2. The average Bonchev–Trinajstić information content (AvgIpc) is 3.04. The third kappa shape index (κ3) is 2.02. The number of ether oxygens (including phenoxy) is 4. The minimum atomic E-state index is -2.03. The van der Waals surface area contributed by atoms with E-state index < -0.39 is 39.6 Å².